The van der Waals surface area contributed by atoms with E-state index in [-0.39, 0.29) is 0 Å². The van der Waals surface area contributed by atoms with Gasteiger partial charge in [-0.3, -0.25) is 0 Å². The zero-order chi connectivity index (χ0) is 5.98. The molecule has 0 aromatic heterocycles. The molecule has 8 heavy (non-hydrogen) atoms. The molecule has 1 rings (SSSR count). The highest BCUT2D eigenvalue weighted by Gasteiger charge is 2.09. The maximum Gasteiger partial charge on any atom is 0.0977 e. The van der Waals surface area contributed by atoms with Crippen molar-refractivity contribution in [2.75, 3.05) is 0 Å². The third-order valence-electron chi connectivity index (χ3n) is 1.07. The van der Waals surface area contributed by atoms with Crippen LogP contribution in [0.1, 0.15) is 19.8 Å². The fourth-order valence-corrected chi connectivity index (χ4v) is 0.938. The highest BCUT2D eigenvalue weighted by molar-refractivity contribution is 8.12. The van der Waals surface area contributed by atoms with E-state index in [0.29, 0.717) is 6.42 Å². The predicted molar refractivity (Wildman–Crippen MR) is 35.5 cm³/mol. The molecule has 0 radical (unpaired) electrons. The van der Waals surface area contributed by atoms with E-state index < -0.39 is 6.17 Å². The summed E-state index contributed by atoms with van der Waals surface area (Å²) in [6, 6.07) is 0. The predicted octanol–water partition coefficient (Wildman–Crippen LogP) is 2.71. The number of hydrogen-bond donors (Lipinski definition) is 0. The Morgan fingerprint density at radius 3 is 2.88 bits per heavy atom. The lowest BCUT2D eigenvalue weighted by Crippen LogP contribution is -1.89. The zero-order valence-corrected chi connectivity index (χ0v) is 5.67. The van der Waals surface area contributed by atoms with Crippen molar-refractivity contribution in [3.05, 3.63) is 10.3 Å². The highest BCUT2D eigenvalue weighted by atomic mass is 32.2. The number of alkyl halides is 1. The van der Waals surface area contributed by atoms with E-state index in [4.69, 9.17) is 0 Å². The van der Waals surface area contributed by atoms with Crippen LogP contribution in [-0.4, -0.2) is 6.17 Å². The highest BCUT2D eigenvalue weighted by Crippen LogP contribution is 2.37. The number of allylic oxidation sites excluding steroid dienone is 1. The van der Waals surface area contributed by atoms with Gasteiger partial charge < -0.3 is 0 Å². The van der Waals surface area contributed by atoms with Crippen LogP contribution >= 0.6 is 11.8 Å². The number of halogens is 1. The summed E-state index contributed by atoms with van der Waals surface area (Å²) in [6.45, 7) is 1.60. The van der Waals surface area contributed by atoms with E-state index in [2.05, 4.69) is 5.41 Å². The molecule has 1 aliphatic rings. The second-order valence-electron chi connectivity index (χ2n) is 2.02. The van der Waals surface area contributed by atoms with Crippen molar-refractivity contribution in [3.8, 4) is 0 Å². The average Bonchev–Trinajstić information content (AvgIpc) is 2.41. The third kappa shape index (κ3) is 2.36. The normalized spacial score (nSPS) is 20.0. The third-order valence-corrected chi connectivity index (χ3v) is 1.85. The number of hydrogen-bond acceptors (Lipinski definition) is 1. The Balaban J connectivity index is 1.95. The minimum Gasteiger partial charge on any atom is -0.248 e. The summed E-state index contributed by atoms with van der Waals surface area (Å²) in [7, 11) is 0. The van der Waals surface area contributed by atoms with Crippen molar-refractivity contribution in [2.24, 2.45) is 0 Å². The minimum absolute atomic E-state index is 0.628. The Morgan fingerprint density at radius 1 is 1.88 bits per heavy atom. The van der Waals surface area contributed by atoms with Gasteiger partial charge in [-0.15, -0.1) is 11.8 Å². The molecule has 0 fully saturated rings. The molecule has 0 aliphatic carbocycles. The van der Waals surface area contributed by atoms with Gasteiger partial charge in [0.2, 0.25) is 0 Å². The quantitative estimate of drug-likeness (QED) is 0.569. The first-order chi connectivity index (χ1) is 3.79. The van der Waals surface area contributed by atoms with Gasteiger partial charge in [-0.25, -0.2) is 4.39 Å². The van der Waals surface area contributed by atoms with Crippen molar-refractivity contribution in [1.29, 1.82) is 0 Å². The second-order valence-corrected chi connectivity index (χ2v) is 3.02. The molecule has 0 bridgehead atoms. The summed E-state index contributed by atoms with van der Waals surface area (Å²) in [6.07, 6.45) is 1.01. The fourth-order valence-electron chi connectivity index (χ4n) is 0.501. The molecule has 1 unspecified atom stereocenters. The molecule has 0 saturated carbocycles. The van der Waals surface area contributed by atoms with Gasteiger partial charge in [0.05, 0.1) is 6.17 Å². The molecule has 0 aromatic carbocycles. The Hall–Kier alpha value is 0.0200. The van der Waals surface area contributed by atoms with E-state index >= 15 is 0 Å². The second kappa shape index (κ2) is 2.53. The maximum atomic E-state index is 12.1. The molecule has 0 aromatic rings. The molecule has 0 spiro atoms. The first kappa shape index (κ1) is 6.14. The molecule has 2 heteroatoms. The van der Waals surface area contributed by atoms with Gasteiger partial charge in [0.15, 0.2) is 0 Å². The van der Waals surface area contributed by atoms with Crippen LogP contribution in [0.5, 0.6) is 0 Å². The summed E-state index contributed by atoms with van der Waals surface area (Å²) < 4.78 is 12.1. The van der Waals surface area contributed by atoms with Crippen molar-refractivity contribution in [2.45, 2.75) is 25.9 Å². The first-order valence-electron chi connectivity index (χ1n) is 2.79. The largest absolute Gasteiger partial charge is 0.248 e. The molecule has 1 atom stereocenters. The molecule has 1 aliphatic heterocycles. The maximum absolute atomic E-state index is 12.1. The van der Waals surface area contributed by atoms with E-state index in [1.165, 1.54) is 4.91 Å². The molecular formula is C6H9FS. The molecule has 1 heterocycles. The molecular weight excluding hydrogens is 123 g/mol. The van der Waals surface area contributed by atoms with Gasteiger partial charge in [-0.2, -0.15) is 0 Å². The van der Waals surface area contributed by atoms with Gasteiger partial charge >= 0.3 is 0 Å². The minimum atomic E-state index is -0.628. The van der Waals surface area contributed by atoms with Crippen molar-refractivity contribution in [3.63, 3.8) is 0 Å². The molecule has 0 amide bonds. The van der Waals surface area contributed by atoms with Crippen LogP contribution in [-0.2, 0) is 0 Å². The first-order valence-corrected chi connectivity index (χ1v) is 3.67. The van der Waals surface area contributed by atoms with Gasteiger partial charge in [0, 0.05) is 0 Å². The van der Waals surface area contributed by atoms with Crippen molar-refractivity contribution in [1.82, 2.24) is 0 Å². The Bertz CT molecular complexity index is 107. The van der Waals surface area contributed by atoms with Crippen LogP contribution in [0.25, 0.3) is 0 Å². The summed E-state index contributed by atoms with van der Waals surface area (Å²) in [5, 5.41) is 2.07. The lowest BCUT2D eigenvalue weighted by atomic mass is 10.2. The molecule has 0 nitrogen and oxygen atoms in total. The van der Waals surface area contributed by atoms with Crippen LogP contribution in [0.2, 0.25) is 0 Å². The lowest BCUT2D eigenvalue weighted by Gasteiger charge is -1.94. The van der Waals surface area contributed by atoms with Crippen LogP contribution in [0, 0.1) is 0 Å². The van der Waals surface area contributed by atoms with Gasteiger partial charge in [0.25, 0.3) is 0 Å². The Kier molecular flexibility index (Phi) is 1.95. The van der Waals surface area contributed by atoms with Crippen LogP contribution < -0.4 is 0 Å². The Labute approximate surface area is 53.2 Å². The van der Waals surface area contributed by atoms with Gasteiger partial charge in [0.1, 0.15) is 0 Å². The van der Waals surface area contributed by atoms with E-state index in [1.807, 2.05) is 0 Å². The van der Waals surface area contributed by atoms with E-state index in [0.717, 1.165) is 6.42 Å². The van der Waals surface area contributed by atoms with Gasteiger partial charge in [-0.1, -0.05) is 0 Å². The zero-order valence-electron chi connectivity index (χ0n) is 4.86. The molecule has 46 valence electrons. The standard InChI is InChI=1S/C6H9FS/c1-5(7)2-3-6-4-8-6/h4-5H,2-3H2,1H3. The van der Waals surface area contributed by atoms with Crippen LogP contribution in [0.4, 0.5) is 4.39 Å². The summed E-state index contributed by atoms with van der Waals surface area (Å²) in [5.41, 5.74) is 0. The summed E-state index contributed by atoms with van der Waals surface area (Å²) >= 11 is 1.74. The SMILES string of the molecule is CC(F)CCC1=CS1. The topological polar surface area (TPSA) is 0 Å². The monoisotopic (exact) mass is 132 g/mol. The number of rotatable bonds is 3. The molecule has 0 saturated heterocycles. The summed E-state index contributed by atoms with van der Waals surface area (Å²) in [4.78, 5) is 1.36. The van der Waals surface area contributed by atoms with Crippen LogP contribution in [0.3, 0.4) is 0 Å². The molecule has 0 N–H and O–H groups in total. The smallest absolute Gasteiger partial charge is 0.0977 e. The fraction of sp³-hybridized carbons (Fsp3) is 0.667. The van der Waals surface area contributed by atoms with E-state index in [1.54, 1.807) is 18.7 Å². The average molecular weight is 132 g/mol. The van der Waals surface area contributed by atoms with Gasteiger partial charge in [-0.05, 0) is 30.1 Å². The van der Waals surface area contributed by atoms with E-state index in [9.17, 15) is 4.39 Å². The Morgan fingerprint density at radius 2 is 2.50 bits per heavy atom. The van der Waals surface area contributed by atoms with Crippen molar-refractivity contribution < 1.29 is 4.39 Å². The van der Waals surface area contributed by atoms with Crippen molar-refractivity contribution >= 4 is 11.8 Å². The van der Waals surface area contributed by atoms with Crippen LogP contribution in [0.15, 0.2) is 10.3 Å². The lowest BCUT2D eigenvalue weighted by molar-refractivity contribution is 0.343. The number of thioether (sulfide) groups is 1. The summed E-state index contributed by atoms with van der Waals surface area (Å²) in [5.74, 6) is 0.